The molecule has 4 nitrogen and oxygen atoms in total. The quantitative estimate of drug-likeness (QED) is 0.782. The third-order valence-electron chi connectivity index (χ3n) is 1.66. The molecule has 80 valence electrons. The molecule has 0 aliphatic heterocycles. The molecule has 0 aliphatic carbocycles. The Morgan fingerprint density at radius 3 is 2.64 bits per heavy atom. The molecule has 0 spiro atoms. The normalized spacial score (nSPS) is 16.6. The molecule has 0 fully saturated rings. The first-order valence-electron chi connectivity index (χ1n) is 4.48. The first-order valence-corrected chi connectivity index (χ1v) is 5.63. The lowest BCUT2D eigenvalue weighted by molar-refractivity contribution is 0.439. The third-order valence-corrected chi connectivity index (χ3v) is 3.34. The zero-order valence-electron chi connectivity index (χ0n) is 8.90. The Bertz CT molecular complexity index is 269. The molecule has 0 radical (unpaired) electrons. The molecule has 1 rings (SSSR count). The van der Waals surface area contributed by atoms with E-state index in [4.69, 9.17) is 4.42 Å². The SMILES string of the molecule is C[C@H](N[S+]([O-])C(C)(C)C)c1ncco1. The molecule has 1 heterocycles. The lowest BCUT2D eigenvalue weighted by Gasteiger charge is -2.25. The molecule has 0 saturated heterocycles. The summed E-state index contributed by atoms with van der Waals surface area (Å²) in [6, 6.07) is -0.134. The highest BCUT2D eigenvalue weighted by atomic mass is 32.2. The first-order chi connectivity index (χ1) is 6.41. The van der Waals surface area contributed by atoms with Gasteiger partial charge in [-0.05, 0) is 27.7 Å². The molecule has 1 unspecified atom stereocenters. The number of nitrogens with zero attached hydrogens (tertiary/aromatic N) is 1. The van der Waals surface area contributed by atoms with Gasteiger partial charge in [0.05, 0.1) is 6.20 Å². The van der Waals surface area contributed by atoms with Crippen molar-refractivity contribution in [2.24, 2.45) is 0 Å². The second-order valence-electron chi connectivity index (χ2n) is 4.09. The van der Waals surface area contributed by atoms with Crippen LogP contribution in [-0.2, 0) is 11.4 Å². The number of nitrogens with one attached hydrogen (secondary N) is 1. The van der Waals surface area contributed by atoms with E-state index in [1.54, 1.807) is 6.20 Å². The van der Waals surface area contributed by atoms with Gasteiger partial charge in [0.25, 0.3) is 0 Å². The van der Waals surface area contributed by atoms with Crippen molar-refractivity contribution >= 4 is 11.4 Å². The Morgan fingerprint density at radius 1 is 1.57 bits per heavy atom. The predicted molar refractivity (Wildman–Crippen MR) is 55.9 cm³/mol. The van der Waals surface area contributed by atoms with Gasteiger partial charge in [-0.15, -0.1) is 4.72 Å². The summed E-state index contributed by atoms with van der Waals surface area (Å²) in [7, 11) is 0. The van der Waals surface area contributed by atoms with Gasteiger partial charge in [-0.2, -0.15) is 0 Å². The highest BCUT2D eigenvalue weighted by Crippen LogP contribution is 2.18. The average Bonchev–Trinajstić information content (AvgIpc) is 2.53. The van der Waals surface area contributed by atoms with Crippen molar-refractivity contribution in [1.29, 1.82) is 0 Å². The Kier molecular flexibility index (Phi) is 3.58. The summed E-state index contributed by atoms with van der Waals surface area (Å²) in [6.07, 6.45) is 3.08. The molecule has 1 N–H and O–H groups in total. The minimum atomic E-state index is -1.10. The number of hydrogen-bond acceptors (Lipinski definition) is 4. The van der Waals surface area contributed by atoms with Gasteiger partial charge >= 0.3 is 0 Å². The summed E-state index contributed by atoms with van der Waals surface area (Å²) in [5.74, 6) is 0.558. The van der Waals surface area contributed by atoms with Crippen LogP contribution in [0.1, 0.15) is 39.6 Å². The average molecular weight is 216 g/mol. The van der Waals surface area contributed by atoms with Crippen LogP contribution in [0.2, 0.25) is 0 Å². The maximum absolute atomic E-state index is 11.7. The predicted octanol–water partition coefficient (Wildman–Crippen LogP) is 1.79. The van der Waals surface area contributed by atoms with Crippen LogP contribution in [-0.4, -0.2) is 14.3 Å². The van der Waals surface area contributed by atoms with E-state index in [1.165, 1.54) is 6.26 Å². The fourth-order valence-corrected chi connectivity index (χ4v) is 1.61. The van der Waals surface area contributed by atoms with Crippen molar-refractivity contribution in [3.63, 3.8) is 0 Å². The van der Waals surface area contributed by atoms with Gasteiger partial charge in [-0.1, -0.05) is 0 Å². The summed E-state index contributed by atoms with van der Waals surface area (Å²) in [6.45, 7) is 7.62. The van der Waals surface area contributed by atoms with Crippen LogP contribution in [0.15, 0.2) is 16.9 Å². The highest BCUT2D eigenvalue weighted by Gasteiger charge is 2.29. The Labute approximate surface area is 87.4 Å². The van der Waals surface area contributed by atoms with Crippen molar-refractivity contribution in [3.05, 3.63) is 18.4 Å². The molecule has 2 atom stereocenters. The van der Waals surface area contributed by atoms with Gasteiger partial charge < -0.3 is 8.97 Å². The topological polar surface area (TPSA) is 61.1 Å². The summed E-state index contributed by atoms with van der Waals surface area (Å²) in [5.41, 5.74) is 0. The lowest BCUT2D eigenvalue weighted by atomic mass is 10.3. The first kappa shape index (κ1) is 11.6. The van der Waals surface area contributed by atoms with E-state index in [2.05, 4.69) is 9.71 Å². The molecule has 1 aromatic rings. The molecule has 0 amide bonds. The van der Waals surface area contributed by atoms with Crippen LogP contribution in [0.4, 0.5) is 0 Å². The Balaban J connectivity index is 2.53. The van der Waals surface area contributed by atoms with E-state index < -0.39 is 11.4 Å². The molecule has 5 heteroatoms. The fraction of sp³-hybridized carbons (Fsp3) is 0.667. The maximum Gasteiger partial charge on any atom is 0.215 e. The maximum atomic E-state index is 11.7. The zero-order valence-corrected chi connectivity index (χ0v) is 9.72. The van der Waals surface area contributed by atoms with E-state index in [1.807, 2.05) is 27.7 Å². The van der Waals surface area contributed by atoms with Crippen molar-refractivity contribution < 1.29 is 8.97 Å². The van der Waals surface area contributed by atoms with E-state index in [-0.39, 0.29) is 10.8 Å². The molecular formula is C9H16N2O2S. The van der Waals surface area contributed by atoms with E-state index in [0.29, 0.717) is 5.89 Å². The monoisotopic (exact) mass is 216 g/mol. The van der Waals surface area contributed by atoms with Crippen LogP contribution in [0.25, 0.3) is 0 Å². The van der Waals surface area contributed by atoms with Gasteiger partial charge in [0, 0.05) is 11.4 Å². The molecule has 14 heavy (non-hydrogen) atoms. The van der Waals surface area contributed by atoms with Crippen LogP contribution in [0.5, 0.6) is 0 Å². The van der Waals surface area contributed by atoms with Gasteiger partial charge in [0.2, 0.25) is 5.89 Å². The van der Waals surface area contributed by atoms with E-state index in [0.717, 1.165) is 0 Å². The molecule has 0 saturated carbocycles. The van der Waals surface area contributed by atoms with E-state index >= 15 is 0 Å². The summed E-state index contributed by atoms with van der Waals surface area (Å²) >= 11 is -1.10. The molecule has 1 aromatic heterocycles. The largest absolute Gasteiger partial charge is 0.598 e. The van der Waals surface area contributed by atoms with Crippen molar-refractivity contribution in [1.82, 2.24) is 9.71 Å². The van der Waals surface area contributed by atoms with Crippen LogP contribution >= 0.6 is 0 Å². The number of hydrogen-bond donors (Lipinski definition) is 1. The third kappa shape index (κ3) is 3.01. The molecule has 0 aromatic carbocycles. The highest BCUT2D eigenvalue weighted by molar-refractivity contribution is 7.90. The van der Waals surface area contributed by atoms with Gasteiger partial charge in [-0.25, -0.2) is 4.98 Å². The lowest BCUT2D eigenvalue weighted by Crippen LogP contribution is -2.40. The zero-order chi connectivity index (χ0) is 10.8. The molecular weight excluding hydrogens is 200 g/mol. The van der Waals surface area contributed by atoms with Gasteiger partial charge in [-0.3, -0.25) is 0 Å². The number of aromatic nitrogens is 1. The second-order valence-corrected chi connectivity index (χ2v) is 6.09. The number of rotatable bonds is 3. The summed E-state index contributed by atoms with van der Waals surface area (Å²) < 4.78 is 19.5. The van der Waals surface area contributed by atoms with Crippen molar-refractivity contribution in [3.8, 4) is 0 Å². The fourth-order valence-electron chi connectivity index (χ4n) is 0.836. The van der Waals surface area contributed by atoms with Crippen molar-refractivity contribution in [2.75, 3.05) is 0 Å². The van der Waals surface area contributed by atoms with Crippen LogP contribution in [0.3, 0.4) is 0 Å². The number of oxazole rings is 1. The Morgan fingerprint density at radius 2 is 2.21 bits per heavy atom. The Hall–Kier alpha value is -0.520. The summed E-state index contributed by atoms with van der Waals surface area (Å²) in [4.78, 5) is 3.99. The van der Waals surface area contributed by atoms with E-state index in [9.17, 15) is 4.55 Å². The minimum Gasteiger partial charge on any atom is -0.598 e. The standard InChI is InChI=1S/C9H16N2O2S/c1-7(8-10-5-6-13-8)11-14(12)9(2,3)4/h5-7,11H,1-4H3/t7-,14?/m0/s1. The minimum absolute atomic E-state index is 0.134. The van der Waals surface area contributed by atoms with Gasteiger partial charge in [0.15, 0.2) is 0 Å². The molecule has 0 bridgehead atoms. The van der Waals surface area contributed by atoms with Crippen molar-refractivity contribution in [2.45, 2.75) is 38.5 Å². The second kappa shape index (κ2) is 4.33. The van der Waals surface area contributed by atoms with Crippen LogP contribution < -0.4 is 4.72 Å². The van der Waals surface area contributed by atoms with Crippen LogP contribution in [0, 0.1) is 0 Å². The molecule has 0 aliphatic rings. The summed E-state index contributed by atoms with van der Waals surface area (Å²) in [5, 5.41) is 0. The smallest absolute Gasteiger partial charge is 0.215 e. The van der Waals surface area contributed by atoms with Gasteiger partial charge in [0.1, 0.15) is 17.1 Å².